The van der Waals surface area contributed by atoms with E-state index in [9.17, 15) is 18.0 Å². The van der Waals surface area contributed by atoms with Crippen molar-refractivity contribution in [2.75, 3.05) is 0 Å². The summed E-state index contributed by atoms with van der Waals surface area (Å²) in [6, 6.07) is 4.62. The molecule has 0 saturated heterocycles. The summed E-state index contributed by atoms with van der Waals surface area (Å²) < 4.78 is 39.3. The zero-order chi connectivity index (χ0) is 15.2. The van der Waals surface area contributed by atoms with Crippen LogP contribution in [-0.2, 0) is 6.18 Å². The topological polar surface area (TPSA) is 70.9 Å². The Morgan fingerprint density at radius 2 is 2.05 bits per heavy atom. The van der Waals surface area contributed by atoms with E-state index in [0.29, 0.717) is 16.6 Å². The monoisotopic (exact) mass is 295 g/mol. The molecule has 5 nitrogen and oxygen atoms in total. The van der Waals surface area contributed by atoms with Crippen LogP contribution in [0.25, 0.3) is 16.6 Å². The van der Waals surface area contributed by atoms with Crippen molar-refractivity contribution < 1.29 is 23.1 Å². The first-order valence-electron chi connectivity index (χ1n) is 5.83. The van der Waals surface area contributed by atoms with Gasteiger partial charge in [-0.2, -0.15) is 18.3 Å². The molecule has 1 aromatic carbocycles. The number of hydrogen-bond acceptors (Lipinski definition) is 2. The number of fused-ring (bicyclic) bond motifs is 1. The summed E-state index contributed by atoms with van der Waals surface area (Å²) in [5.74, 6) is -1.13. The number of aromatic carboxylic acids is 1. The van der Waals surface area contributed by atoms with Crippen molar-refractivity contribution in [3.05, 3.63) is 47.9 Å². The van der Waals surface area contributed by atoms with Crippen LogP contribution in [0.4, 0.5) is 13.2 Å². The van der Waals surface area contributed by atoms with Crippen LogP contribution in [0.1, 0.15) is 16.1 Å². The molecule has 21 heavy (non-hydrogen) atoms. The SMILES string of the molecule is O=C(O)c1cc(-n2ncc3cc(C(F)(F)F)ccc32)c[nH]1. The lowest BCUT2D eigenvalue weighted by atomic mass is 10.1. The molecule has 0 aliphatic rings. The van der Waals surface area contributed by atoms with E-state index in [0.717, 1.165) is 12.1 Å². The summed E-state index contributed by atoms with van der Waals surface area (Å²) in [5.41, 5.74) is 0.108. The van der Waals surface area contributed by atoms with Crippen LogP contribution in [-0.4, -0.2) is 25.8 Å². The predicted molar refractivity (Wildman–Crippen MR) is 67.4 cm³/mol. The number of aromatic amines is 1. The van der Waals surface area contributed by atoms with Crippen molar-refractivity contribution in [3.8, 4) is 5.69 Å². The van der Waals surface area contributed by atoms with Crippen molar-refractivity contribution in [1.29, 1.82) is 0 Å². The molecule has 0 atom stereocenters. The molecule has 0 spiro atoms. The molecular formula is C13H8F3N3O2. The molecule has 0 saturated carbocycles. The van der Waals surface area contributed by atoms with Crippen LogP contribution in [0.2, 0.25) is 0 Å². The number of nitrogens with zero attached hydrogens (tertiary/aromatic N) is 2. The highest BCUT2D eigenvalue weighted by atomic mass is 19.4. The highest BCUT2D eigenvalue weighted by Crippen LogP contribution is 2.31. The summed E-state index contributed by atoms with van der Waals surface area (Å²) in [6.07, 6.45) is -1.69. The number of H-pyrrole nitrogens is 1. The van der Waals surface area contributed by atoms with Crippen LogP contribution in [0, 0.1) is 0 Å². The van der Waals surface area contributed by atoms with Crippen molar-refractivity contribution in [2.45, 2.75) is 6.18 Å². The quantitative estimate of drug-likeness (QED) is 0.763. The molecule has 0 fully saturated rings. The second-order valence-electron chi connectivity index (χ2n) is 4.40. The van der Waals surface area contributed by atoms with E-state index in [1.807, 2.05) is 0 Å². The number of alkyl halides is 3. The van der Waals surface area contributed by atoms with Crippen molar-refractivity contribution in [2.24, 2.45) is 0 Å². The molecular weight excluding hydrogens is 287 g/mol. The van der Waals surface area contributed by atoms with Gasteiger partial charge >= 0.3 is 12.1 Å². The Balaban J connectivity index is 2.10. The van der Waals surface area contributed by atoms with Crippen LogP contribution >= 0.6 is 0 Å². The molecule has 0 bridgehead atoms. The summed E-state index contributed by atoms with van der Waals surface area (Å²) in [4.78, 5) is 13.4. The number of hydrogen-bond donors (Lipinski definition) is 2. The standard InChI is InChI=1S/C13H8F3N3O2/c14-13(15,16)8-1-2-11-7(3-8)5-18-19(11)9-4-10(12(20)21)17-6-9/h1-6,17H,(H,20,21). The molecule has 2 heterocycles. The normalized spacial score (nSPS) is 12.0. The van der Waals surface area contributed by atoms with E-state index in [1.54, 1.807) is 0 Å². The van der Waals surface area contributed by atoms with Crippen LogP contribution < -0.4 is 0 Å². The van der Waals surface area contributed by atoms with Crippen molar-refractivity contribution in [1.82, 2.24) is 14.8 Å². The van der Waals surface area contributed by atoms with E-state index in [2.05, 4.69) is 10.1 Å². The first-order valence-corrected chi connectivity index (χ1v) is 5.83. The van der Waals surface area contributed by atoms with Gasteiger partial charge in [0.25, 0.3) is 0 Å². The molecule has 2 N–H and O–H groups in total. The molecule has 0 radical (unpaired) electrons. The minimum absolute atomic E-state index is 0.0273. The molecule has 2 aromatic heterocycles. The van der Waals surface area contributed by atoms with Gasteiger partial charge in [0.05, 0.1) is 23.0 Å². The fourth-order valence-electron chi connectivity index (χ4n) is 2.04. The number of nitrogens with one attached hydrogen (secondary N) is 1. The second-order valence-corrected chi connectivity index (χ2v) is 4.40. The average Bonchev–Trinajstić information content (AvgIpc) is 3.03. The van der Waals surface area contributed by atoms with E-state index in [4.69, 9.17) is 5.11 Å². The Morgan fingerprint density at radius 1 is 1.29 bits per heavy atom. The van der Waals surface area contributed by atoms with Gasteiger partial charge in [0.2, 0.25) is 0 Å². The number of aromatic nitrogens is 3. The molecule has 0 amide bonds. The number of carboxylic acids is 1. The zero-order valence-corrected chi connectivity index (χ0v) is 10.3. The maximum Gasteiger partial charge on any atom is 0.416 e. The van der Waals surface area contributed by atoms with Gasteiger partial charge in [-0.15, -0.1) is 0 Å². The molecule has 3 aromatic rings. The minimum Gasteiger partial charge on any atom is -0.477 e. The Morgan fingerprint density at radius 3 is 2.67 bits per heavy atom. The van der Waals surface area contributed by atoms with Gasteiger partial charge in [0.15, 0.2) is 0 Å². The Labute approximate surface area is 115 Å². The van der Waals surface area contributed by atoms with E-state index >= 15 is 0 Å². The van der Waals surface area contributed by atoms with Crippen LogP contribution in [0.3, 0.4) is 0 Å². The number of carboxylic acid groups (broad SMARTS) is 1. The Bertz CT molecular complexity index is 833. The lowest BCUT2D eigenvalue weighted by molar-refractivity contribution is -0.137. The van der Waals surface area contributed by atoms with E-state index < -0.39 is 17.7 Å². The maximum atomic E-state index is 12.6. The molecule has 0 unspecified atom stereocenters. The van der Waals surface area contributed by atoms with Gasteiger partial charge < -0.3 is 10.1 Å². The van der Waals surface area contributed by atoms with Gasteiger partial charge in [-0.25, -0.2) is 9.48 Å². The maximum absolute atomic E-state index is 12.6. The smallest absolute Gasteiger partial charge is 0.416 e. The third kappa shape index (κ3) is 2.24. The van der Waals surface area contributed by atoms with E-state index in [1.165, 1.54) is 29.2 Å². The molecule has 8 heteroatoms. The van der Waals surface area contributed by atoms with Crippen molar-refractivity contribution >= 4 is 16.9 Å². The first-order chi connectivity index (χ1) is 9.86. The molecule has 3 rings (SSSR count). The third-order valence-electron chi connectivity index (χ3n) is 3.04. The third-order valence-corrected chi connectivity index (χ3v) is 3.04. The minimum atomic E-state index is -4.42. The summed E-state index contributed by atoms with van der Waals surface area (Å²) in [6.45, 7) is 0. The lowest BCUT2D eigenvalue weighted by Crippen LogP contribution is -2.04. The van der Waals surface area contributed by atoms with Crippen molar-refractivity contribution in [3.63, 3.8) is 0 Å². The number of carbonyl (C=O) groups is 1. The second kappa shape index (κ2) is 4.37. The zero-order valence-electron chi connectivity index (χ0n) is 10.3. The van der Waals surface area contributed by atoms with Gasteiger partial charge in [0, 0.05) is 11.6 Å². The molecule has 0 aliphatic heterocycles. The number of rotatable bonds is 2. The van der Waals surface area contributed by atoms with Gasteiger partial charge in [-0.05, 0) is 24.3 Å². The highest BCUT2D eigenvalue weighted by molar-refractivity contribution is 5.87. The molecule has 108 valence electrons. The molecule has 0 aliphatic carbocycles. The lowest BCUT2D eigenvalue weighted by Gasteiger charge is -2.06. The average molecular weight is 295 g/mol. The predicted octanol–water partition coefficient (Wildman–Crippen LogP) is 3.07. The fourth-order valence-corrected chi connectivity index (χ4v) is 2.04. The highest BCUT2D eigenvalue weighted by Gasteiger charge is 2.30. The van der Waals surface area contributed by atoms with Gasteiger partial charge in [0.1, 0.15) is 5.69 Å². The largest absolute Gasteiger partial charge is 0.477 e. The first kappa shape index (κ1) is 13.2. The van der Waals surface area contributed by atoms with Crippen LogP contribution in [0.15, 0.2) is 36.7 Å². The van der Waals surface area contributed by atoms with E-state index in [-0.39, 0.29) is 5.69 Å². The van der Waals surface area contributed by atoms with Gasteiger partial charge in [-0.1, -0.05) is 0 Å². The summed E-state index contributed by atoms with van der Waals surface area (Å²) in [5, 5.41) is 13.2. The number of benzene rings is 1. The number of halogens is 3. The Hall–Kier alpha value is -2.77. The van der Waals surface area contributed by atoms with Crippen LogP contribution in [0.5, 0.6) is 0 Å². The summed E-state index contributed by atoms with van der Waals surface area (Å²) in [7, 11) is 0. The summed E-state index contributed by atoms with van der Waals surface area (Å²) >= 11 is 0. The van der Waals surface area contributed by atoms with Gasteiger partial charge in [-0.3, -0.25) is 0 Å². The fraction of sp³-hybridized carbons (Fsp3) is 0.0769. The Kier molecular flexibility index (Phi) is 2.75.